The summed E-state index contributed by atoms with van der Waals surface area (Å²) >= 11 is 0. The maximum absolute atomic E-state index is 12.3. The van der Waals surface area contributed by atoms with Gasteiger partial charge in [-0.25, -0.2) is 8.42 Å². The average Bonchev–Trinajstić information content (AvgIpc) is 2.85. The third-order valence-electron chi connectivity index (χ3n) is 3.43. The van der Waals surface area contributed by atoms with E-state index >= 15 is 0 Å². The molecule has 1 aromatic carbocycles. The van der Waals surface area contributed by atoms with Crippen molar-refractivity contribution in [2.75, 3.05) is 24.6 Å². The summed E-state index contributed by atoms with van der Waals surface area (Å²) < 4.78 is 22.7. The Morgan fingerprint density at radius 1 is 1.16 bits per heavy atom. The zero-order valence-electron chi connectivity index (χ0n) is 10.3. The Morgan fingerprint density at radius 3 is 2.63 bits per heavy atom. The molecule has 0 unspecified atom stereocenters. The van der Waals surface area contributed by atoms with Gasteiger partial charge in [0.1, 0.15) is 0 Å². The number of nitrogens with one attached hydrogen (secondary N) is 1. The van der Waals surface area contributed by atoms with Crippen LogP contribution in [0.4, 0.5) is 0 Å². The van der Waals surface area contributed by atoms with E-state index in [1.807, 2.05) is 24.4 Å². The number of benzene rings is 1. The van der Waals surface area contributed by atoms with Gasteiger partial charge in [0, 0.05) is 35.8 Å². The highest BCUT2D eigenvalue weighted by molar-refractivity contribution is 7.91. The Bertz CT molecular complexity index is 719. The van der Waals surface area contributed by atoms with Gasteiger partial charge >= 0.3 is 0 Å². The van der Waals surface area contributed by atoms with Crippen molar-refractivity contribution < 1.29 is 13.2 Å². The number of amides is 1. The molecule has 0 aliphatic carbocycles. The number of hydrogen-bond acceptors (Lipinski definition) is 3. The monoisotopic (exact) mass is 278 g/mol. The lowest BCUT2D eigenvalue weighted by atomic mass is 10.1. The maximum atomic E-state index is 12.3. The van der Waals surface area contributed by atoms with Gasteiger partial charge in [-0.3, -0.25) is 4.79 Å². The molecule has 0 saturated carbocycles. The number of sulfone groups is 1. The van der Waals surface area contributed by atoms with Gasteiger partial charge in [0.25, 0.3) is 5.91 Å². The van der Waals surface area contributed by atoms with Crippen molar-refractivity contribution in [2.24, 2.45) is 0 Å². The largest absolute Gasteiger partial charge is 0.361 e. The van der Waals surface area contributed by atoms with Gasteiger partial charge in [-0.1, -0.05) is 0 Å². The summed E-state index contributed by atoms with van der Waals surface area (Å²) in [5, 5.41) is 0.982. The van der Waals surface area contributed by atoms with Crippen LogP contribution in [0.5, 0.6) is 0 Å². The molecular weight excluding hydrogens is 264 g/mol. The fourth-order valence-electron chi connectivity index (χ4n) is 2.28. The van der Waals surface area contributed by atoms with Crippen molar-refractivity contribution in [3.05, 3.63) is 36.0 Å². The fraction of sp³-hybridized carbons (Fsp3) is 0.308. The highest BCUT2D eigenvalue weighted by atomic mass is 32.2. The van der Waals surface area contributed by atoms with Crippen LogP contribution in [-0.4, -0.2) is 48.8 Å². The van der Waals surface area contributed by atoms with Crippen molar-refractivity contribution >= 4 is 26.6 Å². The number of aromatic amines is 1. The molecule has 0 atom stereocenters. The number of hydrogen-bond donors (Lipinski definition) is 1. The first-order valence-electron chi connectivity index (χ1n) is 6.12. The molecule has 1 amide bonds. The lowest BCUT2D eigenvalue weighted by Gasteiger charge is -2.26. The lowest BCUT2D eigenvalue weighted by Crippen LogP contribution is -2.43. The number of rotatable bonds is 1. The first kappa shape index (κ1) is 12.2. The van der Waals surface area contributed by atoms with Crippen molar-refractivity contribution in [3.63, 3.8) is 0 Å². The summed E-state index contributed by atoms with van der Waals surface area (Å²) in [6.07, 6.45) is 1.83. The molecule has 2 heterocycles. The van der Waals surface area contributed by atoms with E-state index in [1.165, 1.54) is 0 Å². The Balaban J connectivity index is 1.83. The average molecular weight is 278 g/mol. The van der Waals surface area contributed by atoms with Gasteiger partial charge in [0.15, 0.2) is 9.84 Å². The number of fused-ring (bicyclic) bond motifs is 1. The van der Waals surface area contributed by atoms with Crippen LogP contribution in [0, 0.1) is 0 Å². The third kappa shape index (κ3) is 2.35. The normalized spacial score (nSPS) is 18.6. The fourth-order valence-corrected chi connectivity index (χ4v) is 3.49. The van der Waals surface area contributed by atoms with E-state index in [9.17, 15) is 13.2 Å². The topological polar surface area (TPSA) is 70.2 Å². The van der Waals surface area contributed by atoms with Crippen LogP contribution in [0.2, 0.25) is 0 Å². The Labute approximate surface area is 111 Å². The smallest absolute Gasteiger partial charge is 0.253 e. The molecule has 1 aromatic heterocycles. The highest BCUT2D eigenvalue weighted by Gasteiger charge is 2.25. The summed E-state index contributed by atoms with van der Waals surface area (Å²) in [5.41, 5.74) is 1.59. The van der Waals surface area contributed by atoms with E-state index in [0.29, 0.717) is 5.56 Å². The van der Waals surface area contributed by atoms with E-state index in [2.05, 4.69) is 4.98 Å². The molecule has 1 aliphatic rings. The van der Waals surface area contributed by atoms with Crippen molar-refractivity contribution in [1.82, 2.24) is 9.88 Å². The molecule has 0 radical (unpaired) electrons. The molecule has 1 aliphatic heterocycles. The minimum absolute atomic E-state index is 0.0607. The molecule has 6 heteroatoms. The number of H-pyrrole nitrogens is 1. The molecule has 100 valence electrons. The van der Waals surface area contributed by atoms with Gasteiger partial charge in [-0.05, 0) is 24.3 Å². The van der Waals surface area contributed by atoms with Gasteiger partial charge in [0.05, 0.1) is 11.5 Å². The summed E-state index contributed by atoms with van der Waals surface area (Å²) in [6.45, 7) is 0.568. The van der Waals surface area contributed by atoms with Crippen LogP contribution in [0.25, 0.3) is 10.9 Å². The van der Waals surface area contributed by atoms with Crippen LogP contribution in [0.3, 0.4) is 0 Å². The lowest BCUT2D eigenvalue weighted by molar-refractivity contribution is 0.0770. The summed E-state index contributed by atoms with van der Waals surface area (Å²) in [4.78, 5) is 17.0. The molecule has 5 nitrogen and oxygen atoms in total. The van der Waals surface area contributed by atoms with Crippen molar-refractivity contribution in [3.8, 4) is 0 Å². The van der Waals surface area contributed by atoms with Gasteiger partial charge in [0.2, 0.25) is 0 Å². The number of nitrogens with zero attached hydrogens (tertiary/aromatic N) is 1. The standard InChI is InChI=1S/C13H14N2O3S/c16-13(15-5-7-19(17,18)8-6-15)11-1-2-12-10(9-11)3-4-14-12/h1-4,9,14H,5-8H2. The van der Waals surface area contributed by atoms with Crippen LogP contribution < -0.4 is 0 Å². The minimum Gasteiger partial charge on any atom is -0.361 e. The second-order valence-corrected chi connectivity index (χ2v) is 7.03. The predicted molar refractivity (Wildman–Crippen MR) is 72.9 cm³/mol. The Kier molecular flexibility index (Phi) is 2.82. The Hall–Kier alpha value is -1.82. The van der Waals surface area contributed by atoms with Crippen molar-refractivity contribution in [2.45, 2.75) is 0 Å². The molecular formula is C13H14N2O3S. The summed E-state index contributed by atoms with van der Waals surface area (Å²) in [5.74, 6) is 0.0222. The number of aromatic nitrogens is 1. The predicted octanol–water partition coefficient (Wildman–Crippen LogP) is 1.04. The van der Waals surface area contributed by atoms with Crippen LogP contribution in [-0.2, 0) is 9.84 Å². The number of carbonyl (C=O) groups is 1. The summed E-state index contributed by atoms with van der Waals surface area (Å²) in [6, 6.07) is 7.37. The van der Waals surface area contributed by atoms with Crippen LogP contribution in [0.1, 0.15) is 10.4 Å². The molecule has 0 bridgehead atoms. The molecule has 1 N–H and O–H groups in total. The molecule has 19 heavy (non-hydrogen) atoms. The highest BCUT2D eigenvalue weighted by Crippen LogP contribution is 2.16. The molecule has 3 rings (SSSR count). The zero-order valence-corrected chi connectivity index (χ0v) is 11.1. The van der Waals surface area contributed by atoms with E-state index in [0.717, 1.165) is 10.9 Å². The third-order valence-corrected chi connectivity index (χ3v) is 5.04. The quantitative estimate of drug-likeness (QED) is 0.847. The van der Waals surface area contributed by atoms with E-state index in [1.54, 1.807) is 11.0 Å². The van der Waals surface area contributed by atoms with Crippen LogP contribution >= 0.6 is 0 Å². The van der Waals surface area contributed by atoms with Crippen LogP contribution in [0.15, 0.2) is 30.5 Å². The Morgan fingerprint density at radius 2 is 1.89 bits per heavy atom. The van der Waals surface area contributed by atoms with E-state index in [-0.39, 0.29) is 30.5 Å². The molecule has 1 saturated heterocycles. The second kappa shape index (κ2) is 4.38. The number of carbonyl (C=O) groups excluding carboxylic acids is 1. The van der Waals surface area contributed by atoms with Gasteiger partial charge < -0.3 is 9.88 Å². The second-order valence-electron chi connectivity index (χ2n) is 4.72. The summed E-state index contributed by atoms with van der Waals surface area (Å²) in [7, 11) is -2.96. The van der Waals surface area contributed by atoms with E-state index in [4.69, 9.17) is 0 Å². The zero-order chi connectivity index (χ0) is 13.5. The van der Waals surface area contributed by atoms with E-state index < -0.39 is 9.84 Å². The van der Waals surface area contributed by atoms with Gasteiger partial charge in [-0.15, -0.1) is 0 Å². The SMILES string of the molecule is O=C(c1ccc2[nH]ccc2c1)N1CCS(=O)(=O)CC1. The molecule has 1 fully saturated rings. The van der Waals surface area contributed by atoms with Crippen molar-refractivity contribution in [1.29, 1.82) is 0 Å². The minimum atomic E-state index is -2.96. The first-order chi connectivity index (χ1) is 9.05. The first-order valence-corrected chi connectivity index (χ1v) is 7.94. The molecule has 0 spiro atoms. The molecule has 2 aromatic rings. The maximum Gasteiger partial charge on any atom is 0.253 e. The van der Waals surface area contributed by atoms with Gasteiger partial charge in [-0.2, -0.15) is 0 Å².